The molecule has 8 heteroatoms. The van der Waals surface area contributed by atoms with E-state index in [0.29, 0.717) is 13.2 Å². The minimum atomic E-state index is -4.44. The van der Waals surface area contributed by atoms with Crippen LogP contribution in [0, 0.1) is 5.92 Å². The summed E-state index contributed by atoms with van der Waals surface area (Å²) in [4.78, 5) is 3.62. The molecule has 2 atom stereocenters. The van der Waals surface area contributed by atoms with Crippen LogP contribution >= 0.6 is 0 Å². The van der Waals surface area contributed by atoms with Gasteiger partial charge in [0, 0.05) is 32.3 Å². The van der Waals surface area contributed by atoms with Crippen LogP contribution in [0.4, 0.5) is 19.0 Å². The van der Waals surface area contributed by atoms with E-state index in [4.69, 9.17) is 4.74 Å². The average Bonchev–Trinajstić information content (AvgIpc) is 3.12. The summed E-state index contributed by atoms with van der Waals surface area (Å²) < 4.78 is 45.6. The van der Waals surface area contributed by atoms with Crippen molar-refractivity contribution in [1.82, 2.24) is 14.8 Å². The lowest BCUT2D eigenvalue weighted by Gasteiger charge is -2.19. The largest absolute Gasteiger partial charge is 0.433 e. The van der Waals surface area contributed by atoms with Crippen molar-refractivity contribution in [3.8, 4) is 0 Å². The van der Waals surface area contributed by atoms with Crippen LogP contribution in [-0.4, -0.2) is 27.9 Å². The van der Waals surface area contributed by atoms with Crippen molar-refractivity contribution in [2.45, 2.75) is 18.7 Å². The Morgan fingerprint density at radius 1 is 1.35 bits per heavy atom. The molecule has 1 aliphatic rings. The number of ether oxygens (including phenoxy) is 1. The molecule has 0 spiro atoms. The number of hydrogen-bond acceptors (Lipinski definition) is 4. The second-order valence-electron chi connectivity index (χ2n) is 5.51. The molecule has 1 saturated heterocycles. The zero-order valence-electron chi connectivity index (χ0n) is 12.5. The van der Waals surface area contributed by atoms with E-state index in [-0.39, 0.29) is 17.8 Å². The van der Waals surface area contributed by atoms with Gasteiger partial charge in [-0.2, -0.15) is 18.3 Å². The lowest BCUT2D eigenvalue weighted by Crippen LogP contribution is -2.20. The van der Waals surface area contributed by atoms with Crippen LogP contribution in [-0.2, 0) is 18.0 Å². The molecule has 2 aromatic heterocycles. The van der Waals surface area contributed by atoms with Gasteiger partial charge in [0.25, 0.3) is 0 Å². The van der Waals surface area contributed by atoms with Gasteiger partial charge in [-0.05, 0) is 24.6 Å². The van der Waals surface area contributed by atoms with Gasteiger partial charge >= 0.3 is 6.18 Å². The van der Waals surface area contributed by atoms with Gasteiger partial charge in [-0.25, -0.2) is 4.98 Å². The Morgan fingerprint density at radius 3 is 2.87 bits per heavy atom. The second kappa shape index (κ2) is 6.19. The highest BCUT2D eigenvalue weighted by atomic mass is 19.4. The normalized spacial score (nSPS) is 21.6. The summed E-state index contributed by atoms with van der Waals surface area (Å²) in [5, 5.41) is 7.12. The van der Waals surface area contributed by atoms with Gasteiger partial charge in [-0.3, -0.25) is 4.68 Å². The van der Waals surface area contributed by atoms with Gasteiger partial charge in [0.1, 0.15) is 17.6 Å². The van der Waals surface area contributed by atoms with Crippen LogP contribution in [0.5, 0.6) is 0 Å². The first-order valence-corrected chi connectivity index (χ1v) is 7.33. The molecule has 124 valence electrons. The molecule has 0 unspecified atom stereocenters. The van der Waals surface area contributed by atoms with Crippen molar-refractivity contribution in [3.63, 3.8) is 0 Å². The van der Waals surface area contributed by atoms with E-state index in [9.17, 15) is 13.2 Å². The standard InChI is InChI=1S/C15H17F3N4O/c1-22-11(5-7-20-22)14-10(6-8-23-14)9-19-13-4-2-3-12(21-13)15(16,17)18/h2-5,7,10,14H,6,8-9H2,1H3,(H,19,21)/t10-,14+/m0/s1. The quantitative estimate of drug-likeness (QED) is 0.938. The summed E-state index contributed by atoms with van der Waals surface area (Å²) in [6.45, 7) is 1.11. The molecule has 5 nitrogen and oxygen atoms in total. The zero-order chi connectivity index (χ0) is 16.4. The molecule has 0 aromatic carbocycles. The predicted molar refractivity (Wildman–Crippen MR) is 77.7 cm³/mol. The van der Waals surface area contributed by atoms with E-state index in [2.05, 4.69) is 15.4 Å². The highest BCUT2D eigenvalue weighted by Crippen LogP contribution is 2.34. The van der Waals surface area contributed by atoms with Gasteiger partial charge < -0.3 is 10.1 Å². The molecule has 2 aromatic rings. The Morgan fingerprint density at radius 2 is 2.17 bits per heavy atom. The zero-order valence-corrected chi connectivity index (χ0v) is 12.5. The molecule has 23 heavy (non-hydrogen) atoms. The number of alkyl halides is 3. The molecule has 0 amide bonds. The van der Waals surface area contributed by atoms with Crippen molar-refractivity contribution in [2.75, 3.05) is 18.5 Å². The molecule has 0 saturated carbocycles. The van der Waals surface area contributed by atoms with Crippen molar-refractivity contribution < 1.29 is 17.9 Å². The fourth-order valence-electron chi connectivity index (χ4n) is 2.76. The monoisotopic (exact) mass is 326 g/mol. The number of aromatic nitrogens is 3. The number of nitrogens with one attached hydrogen (secondary N) is 1. The van der Waals surface area contributed by atoms with E-state index in [1.807, 2.05) is 13.1 Å². The highest BCUT2D eigenvalue weighted by Gasteiger charge is 2.33. The van der Waals surface area contributed by atoms with E-state index < -0.39 is 11.9 Å². The van der Waals surface area contributed by atoms with Gasteiger partial charge in [0.15, 0.2) is 0 Å². The Kier molecular flexibility index (Phi) is 4.25. The molecule has 3 heterocycles. The molecule has 1 N–H and O–H groups in total. The maximum Gasteiger partial charge on any atom is 0.433 e. The van der Waals surface area contributed by atoms with Gasteiger partial charge in [0.05, 0.1) is 5.69 Å². The summed E-state index contributed by atoms with van der Waals surface area (Å²) >= 11 is 0. The molecule has 1 aliphatic heterocycles. The number of nitrogens with zero attached hydrogens (tertiary/aromatic N) is 3. The van der Waals surface area contributed by atoms with E-state index >= 15 is 0 Å². The predicted octanol–water partition coefficient (Wildman–Crippen LogP) is 3.02. The van der Waals surface area contributed by atoms with Crippen molar-refractivity contribution in [2.24, 2.45) is 13.0 Å². The molecule has 1 fully saturated rings. The summed E-state index contributed by atoms with van der Waals surface area (Å²) in [6.07, 6.45) is -2.01. The van der Waals surface area contributed by atoms with Crippen LogP contribution in [0.1, 0.15) is 23.9 Å². The fraction of sp³-hybridized carbons (Fsp3) is 0.467. The number of hydrogen-bond donors (Lipinski definition) is 1. The third-order valence-corrected chi connectivity index (χ3v) is 3.95. The topological polar surface area (TPSA) is 52.0 Å². The maximum atomic E-state index is 12.7. The van der Waals surface area contributed by atoms with Gasteiger partial charge in [-0.15, -0.1) is 0 Å². The van der Waals surface area contributed by atoms with Crippen molar-refractivity contribution in [1.29, 1.82) is 0 Å². The third-order valence-electron chi connectivity index (χ3n) is 3.95. The third kappa shape index (κ3) is 3.47. The highest BCUT2D eigenvalue weighted by molar-refractivity contribution is 5.36. The van der Waals surface area contributed by atoms with Crippen LogP contribution in [0.2, 0.25) is 0 Å². The number of aryl methyl sites for hydroxylation is 1. The summed E-state index contributed by atoms with van der Waals surface area (Å²) in [5.41, 5.74) is 0.0691. The molecular formula is C15H17F3N4O. The summed E-state index contributed by atoms with van der Waals surface area (Å²) in [5.74, 6) is 0.372. The SMILES string of the molecule is Cn1nccc1[C@@H]1OCC[C@H]1CNc1cccc(C(F)(F)F)n1. The van der Waals surface area contributed by atoms with E-state index in [1.54, 1.807) is 10.9 Å². The Labute approximate surface area is 131 Å². The summed E-state index contributed by atoms with van der Waals surface area (Å²) in [7, 11) is 1.84. The van der Waals surface area contributed by atoms with Crippen molar-refractivity contribution in [3.05, 3.63) is 41.9 Å². The van der Waals surface area contributed by atoms with Crippen LogP contribution in [0.3, 0.4) is 0 Å². The lowest BCUT2D eigenvalue weighted by molar-refractivity contribution is -0.141. The first kappa shape index (κ1) is 15.8. The molecule has 0 radical (unpaired) electrons. The smallest absolute Gasteiger partial charge is 0.372 e. The first-order chi connectivity index (χ1) is 10.9. The maximum absolute atomic E-state index is 12.7. The van der Waals surface area contributed by atoms with Crippen LogP contribution in [0.25, 0.3) is 0 Å². The molecule has 3 rings (SSSR count). The Balaban J connectivity index is 1.67. The fourth-order valence-corrected chi connectivity index (χ4v) is 2.76. The minimum Gasteiger partial charge on any atom is -0.372 e. The first-order valence-electron chi connectivity index (χ1n) is 7.33. The van der Waals surface area contributed by atoms with Crippen LogP contribution < -0.4 is 5.32 Å². The molecule has 0 bridgehead atoms. The van der Waals surface area contributed by atoms with Crippen LogP contribution in [0.15, 0.2) is 30.5 Å². The number of halogens is 3. The average molecular weight is 326 g/mol. The van der Waals surface area contributed by atoms with E-state index in [0.717, 1.165) is 18.2 Å². The lowest BCUT2D eigenvalue weighted by atomic mass is 9.99. The van der Waals surface area contributed by atoms with Gasteiger partial charge in [0.2, 0.25) is 0 Å². The minimum absolute atomic E-state index is 0.110. The second-order valence-corrected chi connectivity index (χ2v) is 5.51. The van der Waals surface area contributed by atoms with E-state index in [1.165, 1.54) is 12.1 Å². The summed E-state index contributed by atoms with van der Waals surface area (Å²) in [6, 6.07) is 5.74. The van der Waals surface area contributed by atoms with Crippen molar-refractivity contribution >= 4 is 5.82 Å². The van der Waals surface area contributed by atoms with Gasteiger partial charge in [-0.1, -0.05) is 6.07 Å². The molecular weight excluding hydrogens is 309 g/mol. The number of pyridine rings is 1. The number of anilines is 1. The molecule has 0 aliphatic carbocycles. The number of rotatable bonds is 4. The Bertz CT molecular complexity index is 671. The Hall–Kier alpha value is -2.09.